The highest BCUT2D eigenvalue weighted by molar-refractivity contribution is 6.06. The Morgan fingerprint density at radius 2 is 1.58 bits per heavy atom. The van der Waals surface area contributed by atoms with E-state index in [1.54, 1.807) is 78.9 Å². The van der Waals surface area contributed by atoms with Crippen LogP contribution in [0.1, 0.15) is 26.5 Å². The van der Waals surface area contributed by atoms with Gasteiger partial charge in [-0.05, 0) is 66.7 Å². The second kappa shape index (κ2) is 11.5. The summed E-state index contributed by atoms with van der Waals surface area (Å²) in [6.07, 6.45) is 1.55. The van der Waals surface area contributed by atoms with E-state index in [2.05, 4.69) is 16.0 Å². The summed E-state index contributed by atoms with van der Waals surface area (Å²) in [7, 11) is 1.72. The Labute approximate surface area is 208 Å². The molecular weight excluding hydrogens is 456 g/mol. The molecule has 0 fully saturated rings. The molecule has 0 radical (unpaired) electrons. The van der Waals surface area contributed by atoms with E-state index in [9.17, 15) is 14.4 Å². The van der Waals surface area contributed by atoms with Crippen molar-refractivity contribution in [2.45, 2.75) is 6.54 Å². The number of hydrogen-bond acceptors (Lipinski definition) is 5. The van der Waals surface area contributed by atoms with Crippen molar-refractivity contribution in [3.63, 3.8) is 0 Å². The molecule has 182 valence electrons. The number of hydrogen-bond donors (Lipinski definition) is 3. The van der Waals surface area contributed by atoms with E-state index >= 15 is 0 Å². The van der Waals surface area contributed by atoms with Gasteiger partial charge in [-0.2, -0.15) is 0 Å². The molecule has 8 nitrogen and oxygen atoms in total. The number of furan rings is 1. The van der Waals surface area contributed by atoms with Crippen LogP contribution in [0.5, 0.6) is 0 Å². The smallest absolute Gasteiger partial charge is 0.258 e. The van der Waals surface area contributed by atoms with Crippen molar-refractivity contribution in [2.24, 2.45) is 0 Å². The van der Waals surface area contributed by atoms with Gasteiger partial charge >= 0.3 is 0 Å². The highest BCUT2D eigenvalue weighted by Crippen LogP contribution is 2.17. The Morgan fingerprint density at radius 3 is 2.31 bits per heavy atom. The van der Waals surface area contributed by atoms with Crippen LogP contribution in [0.3, 0.4) is 0 Å². The van der Waals surface area contributed by atoms with Gasteiger partial charge in [0.25, 0.3) is 11.8 Å². The first-order valence-electron chi connectivity index (χ1n) is 11.4. The monoisotopic (exact) mass is 482 g/mol. The number of rotatable bonds is 9. The van der Waals surface area contributed by atoms with E-state index in [-0.39, 0.29) is 24.3 Å². The van der Waals surface area contributed by atoms with E-state index < -0.39 is 0 Å². The van der Waals surface area contributed by atoms with Crippen LogP contribution in [-0.2, 0) is 11.3 Å². The van der Waals surface area contributed by atoms with Crippen LogP contribution in [0.25, 0.3) is 0 Å². The molecule has 0 aliphatic heterocycles. The van der Waals surface area contributed by atoms with Crippen molar-refractivity contribution < 1.29 is 18.8 Å². The fraction of sp³-hybridized carbons (Fsp3) is 0.107. The van der Waals surface area contributed by atoms with Crippen molar-refractivity contribution in [1.82, 2.24) is 5.32 Å². The highest BCUT2D eigenvalue weighted by atomic mass is 16.3. The van der Waals surface area contributed by atoms with Crippen molar-refractivity contribution in [3.05, 3.63) is 114 Å². The zero-order valence-corrected chi connectivity index (χ0v) is 19.7. The predicted octanol–water partition coefficient (Wildman–Crippen LogP) is 4.54. The van der Waals surface area contributed by atoms with Crippen LogP contribution >= 0.6 is 0 Å². The predicted molar refractivity (Wildman–Crippen MR) is 139 cm³/mol. The summed E-state index contributed by atoms with van der Waals surface area (Å²) < 4.78 is 5.20. The Morgan fingerprint density at radius 1 is 0.806 bits per heavy atom. The van der Waals surface area contributed by atoms with Gasteiger partial charge in [-0.15, -0.1) is 0 Å². The maximum Gasteiger partial charge on any atom is 0.258 e. The molecule has 0 saturated heterocycles. The van der Waals surface area contributed by atoms with E-state index in [1.807, 2.05) is 30.3 Å². The Hall–Kier alpha value is -4.85. The quantitative estimate of drug-likeness (QED) is 0.325. The molecule has 0 aliphatic carbocycles. The molecule has 0 bridgehead atoms. The molecule has 0 saturated carbocycles. The fourth-order valence-electron chi connectivity index (χ4n) is 3.50. The third-order valence-electron chi connectivity index (χ3n) is 5.44. The number of nitrogens with one attached hydrogen (secondary N) is 3. The normalized spacial score (nSPS) is 10.4. The first kappa shape index (κ1) is 24.3. The van der Waals surface area contributed by atoms with Crippen LogP contribution in [0.15, 0.2) is 102 Å². The van der Waals surface area contributed by atoms with Gasteiger partial charge < -0.3 is 25.3 Å². The Kier molecular flexibility index (Phi) is 7.77. The molecule has 36 heavy (non-hydrogen) atoms. The second-order valence-corrected chi connectivity index (χ2v) is 8.02. The van der Waals surface area contributed by atoms with Crippen LogP contribution < -0.4 is 20.9 Å². The molecule has 4 rings (SSSR count). The van der Waals surface area contributed by atoms with Crippen molar-refractivity contribution in [2.75, 3.05) is 29.1 Å². The summed E-state index contributed by atoms with van der Waals surface area (Å²) in [5, 5.41) is 8.60. The minimum Gasteiger partial charge on any atom is -0.467 e. The molecule has 1 heterocycles. The third-order valence-corrected chi connectivity index (χ3v) is 5.44. The van der Waals surface area contributed by atoms with Crippen molar-refractivity contribution in [3.8, 4) is 0 Å². The molecule has 3 N–H and O–H groups in total. The van der Waals surface area contributed by atoms with E-state index in [4.69, 9.17) is 4.42 Å². The standard InChI is InChI=1S/C28H26N4O4/c1-32(24-9-3-2-4-10-24)28(35)21-7-5-8-23(17-21)29-19-26(33)31-22-14-12-20(13-15-22)27(34)30-18-25-11-6-16-36-25/h2-17,29H,18-19H2,1H3,(H,30,34)(H,31,33). The average molecular weight is 483 g/mol. The molecule has 0 unspecified atom stereocenters. The number of carbonyl (C=O) groups excluding carboxylic acids is 3. The molecule has 3 aromatic carbocycles. The Bertz CT molecular complexity index is 1320. The summed E-state index contributed by atoms with van der Waals surface area (Å²) in [5.41, 5.74) is 2.99. The van der Waals surface area contributed by atoms with Crippen molar-refractivity contribution in [1.29, 1.82) is 0 Å². The summed E-state index contributed by atoms with van der Waals surface area (Å²) >= 11 is 0. The van der Waals surface area contributed by atoms with Crippen LogP contribution in [-0.4, -0.2) is 31.3 Å². The van der Waals surface area contributed by atoms with Crippen LogP contribution in [0, 0.1) is 0 Å². The first-order chi connectivity index (χ1) is 17.5. The summed E-state index contributed by atoms with van der Waals surface area (Å²) in [6.45, 7) is 0.308. The number of para-hydroxylation sites is 1. The van der Waals surface area contributed by atoms with Gasteiger partial charge in [-0.25, -0.2) is 0 Å². The zero-order valence-electron chi connectivity index (χ0n) is 19.7. The number of nitrogens with zero attached hydrogens (tertiary/aromatic N) is 1. The van der Waals surface area contributed by atoms with Gasteiger partial charge in [-0.3, -0.25) is 14.4 Å². The highest BCUT2D eigenvalue weighted by Gasteiger charge is 2.14. The lowest BCUT2D eigenvalue weighted by Gasteiger charge is -2.18. The lowest BCUT2D eigenvalue weighted by Crippen LogP contribution is -2.26. The molecule has 4 aromatic rings. The van der Waals surface area contributed by atoms with Gasteiger partial charge in [0, 0.05) is 35.2 Å². The Balaban J connectivity index is 1.27. The molecule has 0 spiro atoms. The van der Waals surface area contributed by atoms with Gasteiger partial charge in [0.1, 0.15) is 5.76 Å². The lowest BCUT2D eigenvalue weighted by molar-refractivity contribution is -0.114. The van der Waals surface area contributed by atoms with Crippen LogP contribution in [0.4, 0.5) is 17.1 Å². The van der Waals surface area contributed by atoms with E-state index in [0.717, 1.165) is 5.69 Å². The fourth-order valence-corrected chi connectivity index (χ4v) is 3.50. The SMILES string of the molecule is CN(C(=O)c1cccc(NCC(=O)Nc2ccc(C(=O)NCc3ccco3)cc2)c1)c1ccccc1. The summed E-state index contributed by atoms with van der Waals surface area (Å²) in [6, 6.07) is 26.5. The molecule has 0 aliphatic rings. The van der Waals surface area contributed by atoms with E-state index in [0.29, 0.717) is 34.8 Å². The maximum atomic E-state index is 12.8. The lowest BCUT2D eigenvalue weighted by atomic mass is 10.1. The molecule has 0 atom stereocenters. The first-order valence-corrected chi connectivity index (χ1v) is 11.4. The minimum atomic E-state index is -0.261. The number of carbonyl (C=O) groups is 3. The summed E-state index contributed by atoms with van der Waals surface area (Å²) in [4.78, 5) is 39.1. The molecular formula is C28H26N4O4. The molecule has 8 heteroatoms. The third kappa shape index (κ3) is 6.38. The number of amides is 3. The topological polar surface area (TPSA) is 104 Å². The van der Waals surface area contributed by atoms with Gasteiger partial charge in [0.15, 0.2) is 0 Å². The maximum absolute atomic E-state index is 12.8. The van der Waals surface area contributed by atoms with Gasteiger partial charge in [0.2, 0.25) is 5.91 Å². The zero-order chi connectivity index (χ0) is 25.3. The molecule has 3 amide bonds. The summed E-state index contributed by atoms with van der Waals surface area (Å²) in [5.74, 6) is 0.0156. The second-order valence-electron chi connectivity index (χ2n) is 8.02. The minimum absolute atomic E-state index is 0.0115. The van der Waals surface area contributed by atoms with Gasteiger partial charge in [-0.1, -0.05) is 24.3 Å². The van der Waals surface area contributed by atoms with E-state index in [1.165, 1.54) is 0 Å². The van der Waals surface area contributed by atoms with Crippen LogP contribution in [0.2, 0.25) is 0 Å². The number of anilines is 3. The van der Waals surface area contributed by atoms with Gasteiger partial charge in [0.05, 0.1) is 19.4 Å². The molecule has 1 aromatic heterocycles. The average Bonchev–Trinajstić information content (AvgIpc) is 3.45. The van der Waals surface area contributed by atoms with Crippen molar-refractivity contribution >= 4 is 34.8 Å². The number of benzene rings is 3. The largest absolute Gasteiger partial charge is 0.467 e.